The molecule has 0 aromatic heterocycles. The van der Waals surface area contributed by atoms with Crippen molar-refractivity contribution in [1.82, 2.24) is 0 Å². The molecule has 0 radical (unpaired) electrons. The molecule has 0 amide bonds. The summed E-state index contributed by atoms with van der Waals surface area (Å²) in [7, 11) is 1.29. The van der Waals surface area contributed by atoms with Gasteiger partial charge in [-0.25, -0.2) is 9.18 Å². The molecule has 0 saturated carbocycles. The number of carbonyl (C=O) groups excluding carboxylic acids is 2. The lowest BCUT2D eigenvalue weighted by atomic mass is 10.0. The lowest BCUT2D eigenvalue weighted by Gasteiger charge is -2.08. The summed E-state index contributed by atoms with van der Waals surface area (Å²) in [4.78, 5) is 22.7. The fourth-order valence-electron chi connectivity index (χ4n) is 1.50. The van der Waals surface area contributed by atoms with Gasteiger partial charge in [0, 0.05) is 6.42 Å². The maximum atomic E-state index is 13.1. The van der Waals surface area contributed by atoms with Crippen molar-refractivity contribution < 1.29 is 23.5 Å². The zero-order valence-corrected chi connectivity index (χ0v) is 10.4. The molecule has 0 spiro atoms. The van der Waals surface area contributed by atoms with Crippen LogP contribution in [0.25, 0.3) is 0 Å². The predicted molar refractivity (Wildman–Crippen MR) is 62.7 cm³/mol. The Hall–Kier alpha value is -1.91. The van der Waals surface area contributed by atoms with Crippen LogP contribution in [0.4, 0.5) is 4.39 Å². The predicted octanol–water partition coefficient (Wildman–Crippen LogP) is 2.11. The van der Waals surface area contributed by atoms with Gasteiger partial charge in [0.2, 0.25) is 0 Å². The van der Waals surface area contributed by atoms with Crippen molar-refractivity contribution >= 4 is 11.9 Å². The number of aryl methyl sites for hydroxylation is 1. The average Bonchev–Trinajstić information content (AvgIpc) is 2.37. The van der Waals surface area contributed by atoms with Crippen molar-refractivity contribution in [3.63, 3.8) is 0 Å². The molecule has 0 aliphatic rings. The fraction of sp³-hybridized carbons (Fsp3) is 0.385. The number of ether oxygens (including phenoxy) is 2. The Morgan fingerprint density at radius 2 is 2.06 bits per heavy atom. The first-order valence-corrected chi connectivity index (χ1v) is 5.60. The number of rotatable bonds is 5. The molecule has 0 saturated heterocycles. The summed E-state index contributed by atoms with van der Waals surface area (Å²) < 4.78 is 22.5. The highest BCUT2D eigenvalue weighted by molar-refractivity contribution is 5.91. The number of methoxy groups -OCH3 is 1. The Labute approximate surface area is 105 Å². The Kier molecular flexibility index (Phi) is 5.30. The minimum Gasteiger partial charge on any atom is -0.469 e. The van der Waals surface area contributed by atoms with E-state index in [-0.39, 0.29) is 24.6 Å². The van der Waals surface area contributed by atoms with E-state index in [0.29, 0.717) is 12.0 Å². The Morgan fingerprint density at radius 3 is 2.67 bits per heavy atom. The molecular weight excluding hydrogens is 239 g/mol. The first-order chi connectivity index (χ1) is 8.58. The van der Waals surface area contributed by atoms with Crippen LogP contribution in [0.3, 0.4) is 0 Å². The van der Waals surface area contributed by atoms with Crippen molar-refractivity contribution in [3.8, 4) is 0 Å². The van der Waals surface area contributed by atoms with Crippen LogP contribution in [0.15, 0.2) is 18.2 Å². The number of hydrogen-bond donors (Lipinski definition) is 0. The standard InChI is InChI=1S/C13H15FO4/c1-3-18-13(16)11-8-10(14)6-4-9(11)5-7-12(15)17-2/h4,6,8H,3,5,7H2,1-2H3. The van der Waals surface area contributed by atoms with Gasteiger partial charge in [0.15, 0.2) is 0 Å². The summed E-state index contributed by atoms with van der Waals surface area (Å²) >= 11 is 0. The quantitative estimate of drug-likeness (QED) is 0.755. The Morgan fingerprint density at radius 1 is 1.33 bits per heavy atom. The van der Waals surface area contributed by atoms with Gasteiger partial charge < -0.3 is 9.47 Å². The van der Waals surface area contributed by atoms with Gasteiger partial charge in [-0.2, -0.15) is 0 Å². The molecule has 98 valence electrons. The van der Waals surface area contributed by atoms with Gasteiger partial charge in [0.25, 0.3) is 0 Å². The van der Waals surface area contributed by atoms with Gasteiger partial charge in [-0.15, -0.1) is 0 Å². The van der Waals surface area contributed by atoms with Crippen LogP contribution in [0.5, 0.6) is 0 Å². The van der Waals surface area contributed by atoms with Crippen LogP contribution in [-0.2, 0) is 20.7 Å². The third-order valence-corrected chi connectivity index (χ3v) is 2.39. The maximum Gasteiger partial charge on any atom is 0.338 e. The smallest absolute Gasteiger partial charge is 0.338 e. The minimum absolute atomic E-state index is 0.133. The van der Waals surface area contributed by atoms with Crippen molar-refractivity contribution in [2.45, 2.75) is 19.8 Å². The van der Waals surface area contributed by atoms with Gasteiger partial charge in [0.1, 0.15) is 5.82 Å². The van der Waals surface area contributed by atoms with E-state index in [2.05, 4.69) is 4.74 Å². The molecule has 0 fully saturated rings. The van der Waals surface area contributed by atoms with Crippen LogP contribution in [0.1, 0.15) is 29.3 Å². The zero-order valence-electron chi connectivity index (χ0n) is 10.4. The molecule has 1 aromatic rings. The lowest BCUT2D eigenvalue weighted by molar-refractivity contribution is -0.140. The molecule has 0 unspecified atom stereocenters. The molecule has 1 aromatic carbocycles. The second kappa shape index (κ2) is 6.74. The number of hydrogen-bond acceptors (Lipinski definition) is 4. The minimum atomic E-state index is -0.586. The van der Waals surface area contributed by atoms with E-state index in [4.69, 9.17) is 4.74 Å². The SMILES string of the molecule is CCOC(=O)c1cc(F)ccc1CCC(=O)OC. The van der Waals surface area contributed by atoms with Gasteiger partial charge in [-0.1, -0.05) is 6.07 Å². The van der Waals surface area contributed by atoms with E-state index in [9.17, 15) is 14.0 Å². The molecule has 0 atom stereocenters. The summed E-state index contributed by atoms with van der Waals surface area (Å²) in [5, 5.41) is 0. The summed E-state index contributed by atoms with van der Waals surface area (Å²) in [6.07, 6.45) is 0.440. The zero-order chi connectivity index (χ0) is 13.5. The number of carbonyl (C=O) groups is 2. The van der Waals surface area contributed by atoms with Crippen LogP contribution in [0.2, 0.25) is 0 Å². The van der Waals surface area contributed by atoms with Crippen LogP contribution < -0.4 is 0 Å². The second-order valence-corrected chi connectivity index (χ2v) is 3.60. The van der Waals surface area contributed by atoms with Gasteiger partial charge in [0.05, 0.1) is 19.3 Å². The highest BCUT2D eigenvalue weighted by atomic mass is 19.1. The van der Waals surface area contributed by atoms with E-state index < -0.39 is 11.8 Å². The molecule has 0 bridgehead atoms. The summed E-state index contributed by atoms with van der Waals surface area (Å²) in [5.41, 5.74) is 0.723. The third kappa shape index (κ3) is 3.84. The number of benzene rings is 1. The van der Waals surface area contributed by atoms with E-state index in [1.807, 2.05) is 0 Å². The van der Waals surface area contributed by atoms with Crippen molar-refractivity contribution in [2.75, 3.05) is 13.7 Å². The number of esters is 2. The topological polar surface area (TPSA) is 52.6 Å². The average molecular weight is 254 g/mol. The van der Waals surface area contributed by atoms with Crippen molar-refractivity contribution in [1.29, 1.82) is 0 Å². The highest BCUT2D eigenvalue weighted by Crippen LogP contribution is 2.15. The highest BCUT2D eigenvalue weighted by Gasteiger charge is 2.14. The molecule has 4 nitrogen and oxygen atoms in total. The summed E-state index contributed by atoms with van der Waals surface area (Å²) in [5.74, 6) is -1.48. The van der Waals surface area contributed by atoms with Crippen molar-refractivity contribution in [3.05, 3.63) is 35.1 Å². The molecule has 18 heavy (non-hydrogen) atoms. The monoisotopic (exact) mass is 254 g/mol. The van der Waals surface area contributed by atoms with E-state index in [0.717, 1.165) is 6.07 Å². The first kappa shape index (κ1) is 14.2. The van der Waals surface area contributed by atoms with Gasteiger partial charge in [-0.05, 0) is 31.0 Å². The maximum absolute atomic E-state index is 13.1. The molecule has 0 N–H and O–H groups in total. The first-order valence-electron chi connectivity index (χ1n) is 5.60. The van der Waals surface area contributed by atoms with Crippen LogP contribution in [0, 0.1) is 5.82 Å². The molecule has 0 aliphatic heterocycles. The molecule has 0 aliphatic carbocycles. The largest absolute Gasteiger partial charge is 0.469 e. The number of halogens is 1. The van der Waals surface area contributed by atoms with E-state index in [1.54, 1.807) is 6.92 Å². The Bertz CT molecular complexity index is 443. The third-order valence-electron chi connectivity index (χ3n) is 2.39. The molecule has 1 rings (SSSR count). The lowest BCUT2D eigenvalue weighted by Crippen LogP contribution is -2.10. The summed E-state index contributed by atoms with van der Waals surface area (Å²) in [6.45, 7) is 1.89. The molecule has 5 heteroatoms. The van der Waals surface area contributed by atoms with Gasteiger partial charge >= 0.3 is 11.9 Å². The van der Waals surface area contributed by atoms with Gasteiger partial charge in [-0.3, -0.25) is 4.79 Å². The van der Waals surface area contributed by atoms with Crippen LogP contribution in [-0.4, -0.2) is 25.7 Å². The normalized spacial score (nSPS) is 9.94. The van der Waals surface area contributed by atoms with Crippen LogP contribution >= 0.6 is 0 Å². The van der Waals surface area contributed by atoms with Crippen molar-refractivity contribution in [2.24, 2.45) is 0 Å². The molecule has 0 heterocycles. The summed E-state index contributed by atoms with van der Waals surface area (Å²) in [6, 6.07) is 3.84. The van der Waals surface area contributed by atoms with E-state index in [1.165, 1.54) is 19.2 Å². The molecular formula is C13H15FO4. The fourth-order valence-corrected chi connectivity index (χ4v) is 1.50. The Balaban J connectivity index is 2.89. The van der Waals surface area contributed by atoms with E-state index >= 15 is 0 Å². The second-order valence-electron chi connectivity index (χ2n) is 3.60.